The van der Waals surface area contributed by atoms with E-state index in [1.165, 1.54) is 0 Å². The van der Waals surface area contributed by atoms with Gasteiger partial charge >= 0.3 is 0 Å². The molecule has 0 bridgehead atoms. The van der Waals surface area contributed by atoms with Gasteiger partial charge < -0.3 is 19.2 Å². The minimum atomic E-state index is 0.531. The normalized spacial score (nSPS) is 11.2. The molecule has 0 unspecified atom stereocenters. The highest BCUT2D eigenvalue weighted by atomic mass is 16.5. The minimum Gasteiger partial charge on any atom is -0.496 e. The van der Waals surface area contributed by atoms with Crippen LogP contribution in [0, 0.1) is 11.3 Å². The van der Waals surface area contributed by atoms with E-state index in [1.807, 2.05) is 30.5 Å². The fourth-order valence-corrected chi connectivity index (χ4v) is 2.79. The molecule has 126 valence electrons. The number of rotatable bonds is 5. The van der Waals surface area contributed by atoms with Crippen molar-refractivity contribution >= 4 is 22.6 Å². The van der Waals surface area contributed by atoms with E-state index in [4.69, 9.17) is 14.2 Å². The molecule has 0 aliphatic heterocycles. The van der Waals surface area contributed by atoms with E-state index in [0.717, 1.165) is 22.0 Å². The molecule has 0 amide bonds. The van der Waals surface area contributed by atoms with Crippen LogP contribution < -0.4 is 14.2 Å². The largest absolute Gasteiger partial charge is 0.496 e. The van der Waals surface area contributed by atoms with Crippen LogP contribution in [0.4, 0.5) is 0 Å². The molecule has 3 aromatic rings. The van der Waals surface area contributed by atoms with Crippen molar-refractivity contribution < 1.29 is 14.2 Å². The molecule has 1 heterocycles. The second-order valence-corrected chi connectivity index (χ2v) is 5.37. The third-order valence-corrected chi connectivity index (χ3v) is 4.04. The van der Waals surface area contributed by atoms with Gasteiger partial charge in [0, 0.05) is 34.3 Å². The second kappa shape index (κ2) is 7.02. The van der Waals surface area contributed by atoms with Gasteiger partial charge in [0.2, 0.25) is 0 Å². The highest BCUT2D eigenvalue weighted by Gasteiger charge is 2.13. The molecule has 0 radical (unpaired) electrons. The quantitative estimate of drug-likeness (QED) is 0.708. The summed E-state index contributed by atoms with van der Waals surface area (Å²) in [5.41, 5.74) is 3.10. The van der Waals surface area contributed by atoms with Crippen molar-refractivity contribution in [3.63, 3.8) is 0 Å². The first kappa shape index (κ1) is 16.5. The summed E-state index contributed by atoms with van der Waals surface area (Å²) < 4.78 is 16.1. The number of methoxy groups -OCH3 is 3. The monoisotopic (exact) mass is 334 g/mol. The fraction of sp³-hybridized carbons (Fsp3) is 0.150. The highest BCUT2D eigenvalue weighted by molar-refractivity contribution is 6.01. The third kappa shape index (κ3) is 3.02. The Morgan fingerprint density at radius 1 is 1.00 bits per heavy atom. The van der Waals surface area contributed by atoms with Crippen LogP contribution in [0.25, 0.3) is 22.6 Å². The number of ether oxygens (including phenoxy) is 3. The smallest absolute Gasteiger partial charge is 0.164 e. The van der Waals surface area contributed by atoms with Gasteiger partial charge in [-0.1, -0.05) is 18.2 Å². The molecule has 1 aromatic heterocycles. The molecule has 0 aliphatic carbocycles. The van der Waals surface area contributed by atoms with Crippen LogP contribution in [-0.4, -0.2) is 26.3 Å². The predicted octanol–water partition coefficient (Wildman–Crippen LogP) is 4.26. The zero-order chi connectivity index (χ0) is 17.8. The second-order valence-electron chi connectivity index (χ2n) is 5.37. The molecule has 0 atom stereocenters. The maximum atomic E-state index is 9.68. The number of aromatic nitrogens is 1. The number of aromatic amines is 1. The van der Waals surface area contributed by atoms with Gasteiger partial charge in [-0.3, -0.25) is 0 Å². The van der Waals surface area contributed by atoms with Gasteiger partial charge in [-0.15, -0.1) is 0 Å². The Hall–Kier alpha value is -3.39. The van der Waals surface area contributed by atoms with E-state index >= 15 is 0 Å². The molecule has 0 fully saturated rings. The Balaban J connectivity index is 2.16. The molecule has 25 heavy (non-hydrogen) atoms. The molecule has 3 rings (SSSR count). The van der Waals surface area contributed by atoms with Crippen LogP contribution in [0.5, 0.6) is 17.2 Å². The van der Waals surface area contributed by atoms with E-state index in [1.54, 1.807) is 39.5 Å². The van der Waals surface area contributed by atoms with Crippen LogP contribution >= 0.6 is 0 Å². The van der Waals surface area contributed by atoms with Gasteiger partial charge in [0.25, 0.3) is 0 Å². The van der Waals surface area contributed by atoms with Gasteiger partial charge in [0.1, 0.15) is 5.75 Å². The zero-order valence-corrected chi connectivity index (χ0v) is 14.3. The average Bonchev–Trinajstić information content (AvgIpc) is 3.09. The van der Waals surface area contributed by atoms with E-state index in [0.29, 0.717) is 22.8 Å². The third-order valence-electron chi connectivity index (χ3n) is 4.04. The van der Waals surface area contributed by atoms with Gasteiger partial charge in [-0.05, 0) is 18.2 Å². The topological polar surface area (TPSA) is 67.3 Å². The molecular weight excluding hydrogens is 316 g/mol. The first-order valence-electron chi connectivity index (χ1n) is 7.70. The molecule has 0 aliphatic rings. The summed E-state index contributed by atoms with van der Waals surface area (Å²) in [7, 11) is 4.72. The van der Waals surface area contributed by atoms with Crippen LogP contribution in [0.2, 0.25) is 0 Å². The molecule has 2 aromatic carbocycles. The van der Waals surface area contributed by atoms with Crippen molar-refractivity contribution in [2.24, 2.45) is 0 Å². The Morgan fingerprint density at radius 2 is 1.68 bits per heavy atom. The number of hydrogen-bond acceptors (Lipinski definition) is 4. The van der Waals surface area contributed by atoms with Crippen molar-refractivity contribution in [2.75, 3.05) is 21.3 Å². The summed E-state index contributed by atoms with van der Waals surface area (Å²) in [5.74, 6) is 1.75. The minimum absolute atomic E-state index is 0.531. The molecule has 5 heteroatoms. The number of nitriles is 1. The number of hydrogen-bond donors (Lipinski definition) is 1. The fourth-order valence-electron chi connectivity index (χ4n) is 2.79. The summed E-state index contributed by atoms with van der Waals surface area (Å²) in [6, 6.07) is 13.7. The van der Waals surface area contributed by atoms with Crippen molar-refractivity contribution in [3.05, 3.63) is 53.7 Å². The lowest BCUT2D eigenvalue weighted by atomic mass is 10.0. The van der Waals surface area contributed by atoms with Crippen molar-refractivity contribution in [3.8, 4) is 23.3 Å². The number of benzene rings is 2. The lowest BCUT2D eigenvalue weighted by Gasteiger charge is -2.12. The van der Waals surface area contributed by atoms with Crippen molar-refractivity contribution in [1.82, 2.24) is 4.98 Å². The molecule has 1 N–H and O–H groups in total. The molecule has 0 spiro atoms. The van der Waals surface area contributed by atoms with Gasteiger partial charge in [-0.25, -0.2) is 0 Å². The molecule has 0 saturated heterocycles. The van der Waals surface area contributed by atoms with Crippen LogP contribution in [0.3, 0.4) is 0 Å². The first-order valence-corrected chi connectivity index (χ1v) is 7.70. The SMILES string of the molecule is COc1cc(OC)c(OC)cc1/C=C(\C#N)c1c[nH]c2ccccc12. The van der Waals surface area contributed by atoms with Gasteiger partial charge in [-0.2, -0.15) is 5.26 Å². The van der Waals surface area contributed by atoms with Crippen LogP contribution in [0.1, 0.15) is 11.1 Å². The number of H-pyrrole nitrogens is 1. The van der Waals surface area contributed by atoms with E-state index in [-0.39, 0.29) is 0 Å². The summed E-state index contributed by atoms with van der Waals surface area (Å²) >= 11 is 0. The van der Waals surface area contributed by atoms with Crippen LogP contribution in [0.15, 0.2) is 42.6 Å². The van der Waals surface area contributed by atoms with Gasteiger partial charge in [0.15, 0.2) is 11.5 Å². The Kier molecular flexibility index (Phi) is 4.62. The zero-order valence-electron chi connectivity index (χ0n) is 14.3. The summed E-state index contributed by atoms with van der Waals surface area (Å²) in [5, 5.41) is 10.7. The Morgan fingerprint density at radius 3 is 2.36 bits per heavy atom. The Labute approximate surface area is 146 Å². The number of fused-ring (bicyclic) bond motifs is 1. The highest BCUT2D eigenvalue weighted by Crippen LogP contribution is 2.37. The number of nitrogens with one attached hydrogen (secondary N) is 1. The summed E-state index contributed by atoms with van der Waals surface area (Å²) in [6.45, 7) is 0. The lowest BCUT2D eigenvalue weighted by Crippen LogP contribution is -1.95. The maximum absolute atomic E-state index is 9.68. The van der Waals surface area contributed by atoms with Crippen molar-refractivity contribution in [2.45, 2.75) is 0 Å². The molecule has 0 saturated carbocycles. The maximum Gasteiger partial charge on any atom is 0.164 e. The van der Waals surface area contributed by atoms with E-state index < -0.39 is 0 Å². The first-order chi connectivity index (χ1) is 12.2. The van der Waals surface area contributed by atoms with Crippen molar-refractivity contribution in [1.29, 1.82) is 5.26 Å². The van der Waals surface area contributed by atoms with E-state index in [2.05, 4.69) is 11.1 Å². The molecule has 5 nitrogen and oxygen atoms in total. The summed E-state index contributed by atoms with van der Waals surface area (Å²) in [6.07, 6.45) is 3.63. The lowest BCUT2D eigenvalue weighted by molar-refractivity contribution is 0.348. The number of para-hydroxylation sites is 1. The van der Waals surface area contributed by atoms with Crippen LogP contribution in [-0.2, 0) is 0 Å². The van der Waals surface area contributed by atoms with E-state index in [9.17, 15) is 5.26 Å². The summed E-state index contributed by atoms with van der Waals surface area (Å²) in [4.78, 5) is 3.19. The predicted molar refractivity (Wildman–Crippen MR) is 97.9 cm³/mol. The number of allylic oxidation sites excluding steroid dienone is 1. The standard InChI is InChI=1S/C20H18N2O3/c1-23-18-10-20(25-3)19(24-2)9-13(18)8-14(11-21)16-12-22-17-7-5-4-6-15(16)17/h4-10,12,22H,1-3H3/b14-8+. The van der Waals surface area contributed by atoms with Gasteiger partial charge in [0.05, 0.1) is 33.0 Å². The molecular formula is C20H18N2O3. The average molecular weight is 334 g/mol. The Bertz CT molecular complexity index is 980. The number of nitrogens with zero attached hydrogens (tertiary/aromatic N) is 1.